The molecule has 2 heterocycles. The summed E-state index contributed by atoms with van der Waals surface area (Å²) in [6, 6.07) is 6.34. The van der Waals surface area contributed by atoms with Crippen molar-refractivity contribution in [3.63, 3.8) is 0 Å². The molecule has 3 heteroatoms. The van der Waals surface area contributed by atoms with Gasteiger partial charge in [0.2, 0.25) is 0 Å². The number of benzene rings is 1. The Labute approximate surface area is 114 Å². The molecule has 0 saturated heterocycles. The smallest absolute Gasteiger partial charge is 0.131 e. The van der Waals surface area contributed by atoms with Crippen molar-refractivity contribution >= 4 is 5.82 Å². The Morgan fingerprint density at radius 2 is 1.95 bits per heavy atom. The van der Waals surface area contributed by atoms with Crippen LogP contribution in [-0.4, -0.2) is 9.55 Å². The fourth-order valence-electron chi connectivity index (χ4n) is 3.15. The Bertz CT molecular complexity index is 605. The molecule has 1 aliphatic rings. The number of hydrogen-bond donors (Lipinski definition) is 1. The molecule has 100 valence electrons. The number of nitrogens with zero attached hydrogens (tertiary/aromatic N) is 2. The number of anilines is 1. The maximum atomic E-state index is 6.36. The van der Waals surface area contributed by atoms with Gasteiger partial charge in [0.15, 0.2) is 0 Å². The van der Waals surface area contributed by atoms with Crippen molar-refractivity contribution in [2.24, 2.45) is 0 Å². The van der Waals surface area contributed by atoms with E-state index in [4.69, 9.17) is 10.7 Å². The first-order chi connectivity index (χ1) is 9.09. The third kappa shape index (κ3) is 1.84. The first-order valence-electron chi connectivity index (χ1n) is 7.02. The minimum Gasteiger partial charge on any atom is -0.383 e. The van der Waals surface area contributed by atoms with Crippen LogP contribution >= 0.6 is 0 Å². The number of fused-ring (bicyclic) bond motifs is 1. The van der Waals surface area contributed by atoms with E-state index in [1.807, 2.05) is 0 Å². The maximum Gasteiger partial charge on any atom is 0.131 e. The average molecular weight is 255 g/mol. The van der Waals surface area contributed by atoms with E-state index in [2.05, 4.69) is 43.5 Å². The maximum absolute atomic E-state index is 6.36. The number of aromatic nitrogens is 2. The van der Waals surface area contributed by atoms with Gasteiger partial charge in [0.05, 0.1) is 0 Å². The molecule has 0 spiro atoms. The molecule has 1 unspecified atom stereocenters. The predicted octanol–water partition coefficient (Wildman–Crippen LogP) is 3.65. The summed E-state index contributed by atoms with van der Waals surface area (Å²) in [5.41, 5.74) is 11.0. The van der Waals surface area contributed by atoms with Gasteiger partial charge in [-0.1, -0.05) is 25.1 Å². The fraction of sp³-hybridized carbons (Fsp3) is 0.438. The van der Waals surface area contributed by atoms with E-state index in [0.29, 0.717) is 5.92 Å². The number of rotatable bonds is 1. The molecule has 1 aromatic carbocycles. The highest BCUT2D eigenvalue weighted by Crippen LogP contribution is 2.36. The van der Waals surface area contributed by atoms with Crippen LogP contribution in [0.3, 0.4) is 0 Å². The molecule has 0 aliphatic carbocycles. The minimum absolute atomic E-state index is 0.508. The third-order valence-corrected chi connectivity index (χ3v) is 4.21. The van der Waals surface area contributed by atoms with Gasteiger partial charge in [-0.25, -0.2) is 4.98 Å². The molecule has 2 N–H and O–H groups in total. The van der Waals surface area contributed by atoms with E-state index in [-0.39, 0.29) is 0 Å². The van der Waals surface area contributed by atoms with Gasteiger partial charge in [-0.2, -0.15) is 0 Å². The first kappa shape index (κ1) is 12.3. The van der Waals surface area contributed by atoms with Gasteiger partial charge in [-0.05, 0) is 37.8 Å². The quantitative estimate of drug-likeness (QED) is 0.845. The number of imidazole rings is 1. The molecule has 0 radical (unpaired) electrons. The van der Waals surface area contributed by atoms with Gasteiger partial charge >= 0.3 is 0 Å². The topological polar surface area (TPSA) is 43.8 Å². The van der Waals surface area contributed by atoms with Crippen LogP contribution in [0.15, 0.2) is 18.2 Å². The standard InChI is InChI=1S/C16H21N3/c1-10-6-4-7-11(2)13(10)14-15(17)19-9-5-8-12(3)16(19)18-14/h4,6-7,12H,5,8-9,17H2,1-3H3. The van der Waals surface area contributed by atoms with Crippen molar-refractivity contribution in [3.8, 4) is 11.3 Å². The van der Waals surface area contributed by atoms with Crippen molar-refractivity contribution in [2.45, 2.75) is 46.1 Å². The molecule has 3 rings (SSSR count). The van der Waals surface area contributed by atoms with E-state index >= 15 is 0 Å². The third-order valence-electron chi connectivity index (χ3n) is 4.21. The van der Waals surface area contributed by atoms with Crippen LogP contribution in [0.2, 0.25) is 0 Å². The summed E-state index contributed by atoms with van der Waals surface area (Å²) < 4.78 is 2.20. The molecule has 0 saturated carbocycles. The van der Waals surface area contributed by atoms with Gasteiger partial charge in [0.25, 0.3) is 0 Å². The second-order valence-corrected chi connectivity index (χ2v) is 5.67. The molecule has 1 aliphatic heterocycles. The van der Waals surface area contributed by atoms with E-state index in [9.17, 15) is 0 Å². The van der Waals surface area contributed by atoms with Gasteiger partial charge in [-0.3, -0.25) is 0 Å². The SMILES string of the molecule is Cc1cccc(C)c1-c1nc2n(c1N)CCCC2C. The molecule has 1 atom stereocenters. The normalized spacial score (nSPS) is 18.4. The second kappa shape index (κ2) is 4.41. The second-order valence-electron chi connectivity index (χ2n) is 5.67. The highest BCUT2D eigenvalue weighted by atomic mass is 15.2. The highest BCUT2D eigenvalue weighted by molar-refractivity contribution is 5.76. The van der Waals surface area contributed by atoms with Gasteiger partial charge in [0.1, 0.15) is 17.3 Å². The van der Waals surface area contributed by atoms with Gasteiger partial charge in [-0.15, -0.1) is 0 Å². The Balaban J connectivity index is 2.22. The number of hydrogen-bond acceptors (Lipinski definition) is 2. The van der Waals surface area contributed by atoms with E-state index in [0.717, 1.165) is 23.9 Å². The zero-order valence-electron chi connectivity index (χ0n) is 11.9. The zero-order valence-corrected chi connectivity index (χ0v) is 11.9. The number of nitrogen functional groups attached to an aromatic ring is 1. The summed E-state index contributed by atoms with van der Waals surface area (Å²) in [5.74, 6) is 2.49. The molecule has 0 fully saturated rings. The Kier molecular flexibility index (Phi) is 2.85. The van der Waals surface area contributed by atoms with Crippen LogP contribution in [0, 0.1) is 13.8 Å². The van der Waals surface area contributed by atoms with Gasteiger partial charge < -0.3 is 10.3 Å². The molecule has 0 amide bonds. The van der Waals surface area contributed by atoms with Crippen molar-refractivity contribution < 1.29 is 0 Å². The number of aryl methyl sites for hydroxylation is 2. The molecular formula is C16H21N3. The highest BCUT2D eigenvalue weighted by Gasteiger charge is 2.24. The lowest BCUT2D eigenvalue weighted by Crippen LogP contribution is -2.15. The van der Waals surface area contributed by atoms with Crippen LogP contribution < -0.4 is 5.73 Å². The Morgan fingerprint density at radius 3 is 2.58 bits per heavy atom. The van der Waals surface area contributed by atoms with Crippen molar-refractivity contribution in [2.75, 3.05) is 5.73 Å². The predicted molar refractivity (Wildman–Crippen MR) is 79.2 cm³/mol. The summed E-state index contributed by atoms with van der Waals surface area (Å²) in [4.78, 5) is 4.86. The van der Waals surface area contributed by atoms with Crippen molar-refractivity contribution in [1.29, 1.82) is 0 Å². The van der Waals surface area contributed by atoms with Crippen LogP contribution in [0.25, 0.3) is 11.3 Å². The minimum atomic E-state index is 0.508. The summed E-state index contributed by atoms with van der Waals surface area (Å²) in [6.07, 6.45) is 2.41. The molecule has 0 bridgehead atoms. The summed E-state index contributed by atoms with van der Waals surface area (Å²) in [6.45, 7) is 7.50. The molecule has 19 heavy (non-hydrogen) atoms. The fourth-order valence-corrected chi connectivity index (χ4v) is 3.15. The van der Waals surface area contributed by atoms with E-state index in [1.54, 1.807) is 0 Å². The van der Waals surface area contributed by atoms with Crippen molar-refractivity contribution in [1.82, 2.24) is 9.55 Å². The monoisotopic (exact) mass is 255 g/mol. The Hall–Kier alpha value is -1.77. The lowest BCUT2D eigenvalue weighted by molar-refractivity contribution is 0.467. The lowest BCUT2D eigenvalue weighted by Gasteiger charge is -2.20. The zero-order chi connectivity index (χ0) is 13.6. The first-order valence-corrected chi connectivity index (χ1v) is 7.02. The van der Waals surface area contributed by atoms with E-state index < -0.39 is 0 Å². The lowest BCUT2D eigenvalue weighted by atomic mass is 10.0. The largest absolute Gasteiger partial charge is 0.383 e. The molecule has 2 aromatic rings. The Morgan fingerprint density at radius 1 is 1.26 bits per heavy atom. The van der Waals surface area contributed by atoms with Crippen LogP contribution in [0.5, 0.6) is 0 Å². The van der Waals surface area contributed by atoms with Crippen LogP contribution in [0.4, 0.5) is 5.82 Å². The molecule has 3 nitrogen and oxygen atoms in total. The van der Waals surface area contributed by atoms with E-state index in [1.165, 1.54) is 29.5 Å². The molecular weight excluding hydrogens is 234 g/mol. The average Bonchev–Trinajstić information content (AvgIpc) is 2.69. The van der Waals surface area contributed by atoms with Gasteiger partial charge in [0, 0.05) is 18.0 Å². The van der Waals surface area contributed by atoms with Crippen LogP contribution in [-0.2, 0) is 6.54 Å². The molecule has 1 aromatic heterocycles. The summed E-state index contributed by atoms with van der Waals surface area (Å²) >= 11 is 0. The number of nitrogens with two attached hydrogens (primary N) is 1. The summed E-state index contributed by atoms with van der Waals surface area (Å²) in [7, 11) is 0. The van der Waals surface area contributed by atoms with Crippen molar-refractivity contribution in [3.05, 3.63) is 35.2 Å². The van der Waals surface area contributed by atoms with Crippen LogP contribution in [0.1, 0.15) is 42.6 Å². The summed E-state index contributed by atoms with van der Waals surface area (Å²) in [5, 5.41) is 0.